The van der Waals surface area contributed by atoms with E-state index in [1.54, 1.807) is 36.4 Å². The number of benzene rings is 2. The molecule has 8 heteroatoms. The number of hydrogen-bond donors (Lipinski definition) is 2. The molecule has 2 amide bonds. The Kier molecular flexibility index (Phi) is 5.91. The van der Waals surface area contributed by atoms with Crippen molar-refractivity contribution in [1.82, 2.24) is 5.43 Å². The molecule has 0 aromatic heterocycles. The zero-order valence-electron chi connectivity index (χ0n) is 14.8. The van der Waals surface area contributed by atoms with Crippen molar-refractivity contribution in [3.05, 3.63) is 65.7 Å². The Morgan fingerprint density at radius 3 is 2.32 bits per heavy atom. The third-order valence-corrected chi connectivity index (χ3v) is 3.98. The Hall–Kier alpha value is -3.81. The Labute approximate surface area is 160 Å². The lowest BCUT2D eigenvalue weighted by Gasteiger charge is -2.11. The highest BCUT2D eigenvalue weighted by atomic mass is 16.5. The van der Waals surface area contributed by atoms with E-state index in [9.17, 15) is 19.2 Å². The summed E-state index contributed by atoms with van der Waals surface area (Å²) in [5.74, 6) is -1.66. The average Bonchev–Trinajstić information content (AvgIpc) is 2.73. The van der Waals surface area contributed by atoms with Crippen LogP contribution in [0.1, 0.15) is 33.6 Å². The molecule has 3 rings (SSSR count). The van der Waals surface area contributed by atoms with Crippen molar-refractivity contribution >= 4 is 35.0 Å². The van der Waals surface area contributed by atoms with Crippen LogP contribution in [0, 0.1) is 0 Å². The number of ether oxygens (including phenoxy) is 1. The molecule has 142 valence electrons. The van der Waals surface area contributed by atoms with Gasteiger partial charge in [-0.15, -0.1) is 0 Å². The van der Waals surface area contributed by atoms with Gasteiger partial charge in [-0.3, -0.25) is 14.4 Å². The second-order valence-corrected chi connectivity index (χ2v) is 5.99. The lowest BCUT2D eigenvalue weighted by atomic mass is 10.1. The van der Waals surface area contributed by atoms with E-state index >= 15 is 0 Å². The Morgan fingerprint density at radius 1 is 0.964 bits per heavy atom. The van der Waals surface area contributed by atoms with Crippen molar-refractivity contribution in [1.29, 1.82) is 0 Å². The molecule has 0 bridgehead atoms. The van der Waals surface area contributed by atoms with Crippen LogP contribution in [-0.2, 0) is 14.3 Å². The van der Waals surface area contributed by atoms with Gasteiger partial charge in [-0.25, -0.2) is 10.2 Å². The minimum absolute atomic E-state index is 0.0753. The Balaban J connectivity index is 1.53. The van der Waals surface area contributed by atoms with Gasteiger partial charge in [-0.2, -0.15) is 5.10 Å². The smallest absolute Gasteiger partial charge is 0.354 e. The molecule has 1 heterocycles. The molecule has 0 spiro atoms. The summed E-state index contributed by atoms with van der Waals surface area (Å²) in [7, 11) is 0. The topological polar surface area (TPSA) is 114 Å². The molecule has 28 heavy (non-hydrogen) atoms. The van der Waals surface area contributed by atoms with Crippen LogP contribution in [0.3, 0.4) is 0 Å². The van der Waals surface area contributed by atoms with Gasteiger partial charge in [-0.1, -0.05) is 18.2 Å². The number of rotatable bonds is 6. The van der Waals surface area contributed by atoms with Gasteiger partial charge in [0.25, 0.3) is 5.91 Å². The molecule has 0 atom stereocenters. The lowest BCUT2D eigenvalue weighted by molar-refractivity contribution is -0.134. The molecule has 0 saturated heterocycles. The van der Waals surface area contributed by atoms with Gasteiger partial charge < -0.3 is 10.1 Å². The van der Waals surface area contributed by atoms with Gasteiger partial charge in [0.05, 0.1) is 0 Å². The van der Waals surface area contributed by atoms with Crippen LogP contribution in [0.15, 0.2) is 59.7 Å². The fourth-order valence-corrected chi connectivity index (χ4v) is 2.45. The highest BCUT2D eigenvalue weighted by Crippen LogP contribution is 2.12. The van der Waals surface area contributed by atoms with Crippen molar-refractivity contribution in [2.75, 3.05) is 11.9 Å². The maximum Gasteiger partial charge on any atom is 0.354 e. The second kappa shape index (κ2) is 8.72. The lowest BCUT2D eigenvalue weighted by Crippen LogP contribution is -2.31. The first kappa shape index (κ1) is 19.0. The maximum atomic E-state index is 12.2. The number of hydrogen-bond acceptors (Lipinski definition) is 6. The van der Waals surface area contributed by atoms with E-state index < -0.39 is 18.4 Å². The summed E-state index contributed by atoms with van der Waals surface area (Å²) in [4.78, 5) is 47.1. The zero-order chi connectivity index (χ0) is 19.9. The molecule has 2 N–H and O–H groups in total. The Bertz CT molecular complexity index is 936. The summed E-state index contributed by atoms with van der Waals surface area (Å²) >= 11 is 0. The first-order chi connectivity index (χ1) is 13.5. The molecule has 8 nitrogen and oxygen atoms in total. The fourth-order valence-electron chi connectivity index (χ4n) is 2.45. The van der Waals surface area contributed by atoms with E-state index in [1.165, 1.54) is 12.1 Å². The molecule has 0 aliphatic carbocycles. The minimum atomic E-state index is -0.736. The molecule has 1 aliphatic heterocycles. The Morgan fingerprint density at radius 2 is 1.68 bits per heavy atom. The molecule has 0 radical (unpaired) electrons. The number of Topliss-reactive ketones (excluding diaryl/α,β-unsaturated/α-hetero) is 1. The maximum absolute atomic E-state index is 12.2. The van der Waals surface area contributed by atoms with Crippen molar-refractivity contribution in [2.24, 2.45) is 5.10 Å². The molecule has 1 aliphatic rings. The monoisotopic (exact) mass is 379 g/mol. The van der Waals surface area contributed by atoms with Crippen molar-refractivity contribution in [2.45, 2.75) is 12.8 Å². The van der Waals surface area contributed by atoms with E-state index in [-0.39, 0.29) is 30.4 Å². The number of hydrazone groups is 1. The van der Waals surface area contributed by atoms with Crippen LogP contribution in [0.4, 0.5) is 5.69 Å². The van der Waals surface area contributed by atoms with Gasteiger partial charge in [0, 0.05) is 29.7 Å². The van der Waals surface area contributed by atoms with Crippen LogP contribution in [0.5, 0.6) is 0 Å². The number of nitrogens with zero attached hydrogens (tertiary/aromatic N) is 1. The van der Waals surface area contributed by atoms with Crippen LogP contribution in [0.2, 0.25) is 0 Å². The van der Waals surface area contributed by atoms with Crippen LogP contribution >= 0.6 is 0 Å². The SMILES string of the molecule is O=C1CCC(C(=O)OCC(=O)c2ccc(NC(=O)c3ccccc3)cc2)=NN1. The number of carbonyl (C=O) groups excluding carboxylic acids is 4. The summed E-state index contributed by atoms with van der Waals surface area (Å²) < 4.78 is 4.95. The van der Waals surface area contributed by atoms with E-state index in [0.717, 1.165) is 0 Å². The van der Waals surface area contributed by atoms with E-state index in [4.69, 9.17) is 4.74 Å². The third kappa shape index (κ3) is 4.88. The van der Waals surface area contributed by atoms with Crippen molar-refractivity contribution in [3.8, 4) is 0 Å². The normalized spacial score (nSPS) is 13.1. The van der Waals surface area contributed by atoms with Crippen molar-refractivity contribution in [3.63, 3.8) is 0 Å². The van der Waals surface area contributed by atoms with Gasteiger partial charge >= 0.3 is 5.97 Å². The number of ketones is 1. The van der Waals surface area contributed by atoms with Crippen LogP contribution in [-0.4, -0.2) is 35.9 Å². The number of carbonyl (C=O) groups is 4. The molecule has 2 aromatic rings. The van der Waals surface area contributed by atoms with E-state index in [0.29, 0.717) is 16.8 Å². The first-order valence-electron chi connectivity index (χ1n) is 8.55. The average molecular weight is 379 g/mol. The highest BCUT2D eigenvalue weighted by molar-refractivity contribution is 6.37. The van der Waals surface area contributed by atoms with Gasteiger partial charge in [0.1, 0.15) is 5.71 Å². The van der Waals surface area contributed by atoms with E-state index in [1.807, 2.05) is 6.07 Å². The number of esters is 1. The minimum Gasteiger partial charge on any atom is -0.453 e. The van der Waals surface area contributed by atoms with Crippen LogP contribution < -0.4 is 10.7 Å². The van der Waals surface area contributed by atoms with Gasteiger partial charge in [0.15, 0.2) is 12.4 Å². The quantitative estimate of drug-likeness (QED) is 0.588. The van der Waals surface area contributed by atoms with Gasteiger partial charge in [0.2, 0.25) is 5.91 Å². The third-order valence-electron chi connectivity index (χ3n) is 3.98. The summed E-state index contributed by atoms with van der Waals surface area (Å²) in [6.45, 7) is -0.443. The van der Waals surface area contributed by atoms with E-state index in [2.05, 4.69) is 15.8 Å². The molecule has 0 unspecified atom stereocenters. The molecular weight excluding hydrogens is 362 g/mol. The number of anilines is 1. The number of amides is 2. The molecule has 0 fully saturated rings. The van der Waals surface area contributed by atoms with Crippen molar-refractivity contribution < 1.29 is 23.9 Å². The summed E-state index contributed by atoms with van der Waals surface area (Å²) in [6, 6.07) is 15.0. The first-order valence-corrected chi connectivity index (χ1v) is 8.55. The predicted octanol–water partition coefficient (Wildman–Crippen LogP) is 1.93. The molecule has 0 saturated carbocycles. The second-order valence-electron chi connectivity index (χ2n) is 5.99. The fraction of sp³-hybridized carbons (Fsp3) is 0.150. The number of nitrogens with one attached hydrogen (secondary N) is 2. The summed E-state index contributed by atoms with van der Waals surface area (Å²) in [6.07, 6.45) is 0.326. The standard InChI is InChI=1S/C20H17N3O5/c24-17(12-28-20(27)16-10-11-18(25)23-22-16)13-6-8-15(9-7-13)21-19(26)14-4-2-1-3-5-14/h1-9H,10-12H2,(H,21,26)(H,23,25). The van der Waals surface area contributed by atoms with Crippen LogP contribution in [0.25, 0.3) is 0 Å². The zero-order valence-corrected chi connectivity index (χ0v) is 14.8. The summed E-state index contributed by atoms with van der Waals surface area (Å²) in [5, 5.41) is 6.35. The largest absolute Gasteiger partial charge is 0.453 e. The summed E-state index contributed by atoms with van der Waals surface area (Å²) in [5.41, 5.74) is 3.67. The predicted molar refractivity (Wildman–Crippen MR) is 101 cm³/mol. The van der Waals surface area contributed by atoms with Gasteiger partial charge in [-0.05, 0) is 36.4 Å². The highest BCUT2D eigenvalue weighted by Gasteiger charge is 2.20. The molecular formula is C20H17N3O5. The molecule has 2 aromatic carbocycles.